The van der Waals surface area contributed by atoms with Crippen LogP contribution in [0.25, 0.3) is 0 Å². The van der Waals surface area contributed by atoms with Crippen molar-refractivity contribution in [3.8, 4) is 0 Å². The van der Waals surface area contributed by atoms with Crippen molar-refractivity contribution in [2.45, 2.75) is 6.92 Å². The van der Waals surface area contributed by atoms with Gasteiger partial charge in [0.15, 0.2) is 0 Å². The quantitative estimate of drug-likeness (QED) is 0.375. The van der Waals surface area contributed by atoms with Crippen molar-refractivity contribution in [3.63, 3.8) is 0 Å². The maximum absolute atomic E-state index is 10.5. The van der Waals surface area contributed by atoms with Crippen LogP contribution in [0.4, 0.5) is 4.79 Å². The number of nitrogens with zero attached hydrogens (tertiary/aromatic N) is 1. The van der Waals surface area contributed by atoms with Crippen molar-refractivity contribution < 1.29 is 9.53 Å². The number of rotatable bonds is 0. The third-order valence-electron chi connectivity index (χ3n) is 1.06. The number of amides is 1. The van der Waals surface area contributed by atoms with Crippen molar-refractivity contribution in [2.24, 2.45) is 5.84 Å². The Morgan fingerprint density at radius 2 is 2.56 bits per heavy atom. The Morgan fingerprint density at radius 3 is 3.00 bits per heavy atom. The van der Waals surface area contributed by atoms with Gasteiger partial charge in [-0.25, -0.2) is 15.6 Å². The molecule has 2 N–H and O–H groups in total. The Balaban J connectivity index is 2.65. The van der Waals surface area contributed by atoms with Crippen LogP contribution in [0.5, 0.6) is 0 Å². The summed E-state index contributed by atoms with van der Waals surface area (Å²) >= 11 is 0. The summed E-state index contributed by atoms with van der Waals surface area (Å²) < 4.78 is 4.62. The van der Waals surface area contributed by atoms with E-state index in [1.807, 2.05) is 0 Å². The van der Waals surface area contributed by atoms with Crippen LogP contribution >= 0.6 is 0 Å². The van der Waals surface area contributed by atoms with E-state index in [1.165, 1.54) is 0 Å². The number of hydrazine groups is 1. The van der Waals surface area contributed by atoms with Gasteiger partial charge in [0.1, 0.15) is 5.76 Å². The Bertz CT molecular complexity index is 164. The molecule has 0 spiro atoms. The molecule has 1 aliphatic heterocycles. The first kappa shape index (κ1) is 6.10. The van der Waals surface area contributed by atoms with E-state index >= 15 is 0 Å². The summed E-state index contributed by atoms with van der Waals surface area (Å²) in [6.07, 6.45) is 1.25. The zero-order valence-electron chi connectivity index (χ0n) is 5.13. The number of carbonyl (C=O) groups excluding carboxylic acids is 1. The Labute approximate surface area is 52.8 Å². The van der Waals surface area contributed by atoms with E-state index in [9.17, 15) is 4.79 Å². The van der Waals surface area contributed by atoms with Crippen LogP contribution in [-0.4, -0.2) is 17.6 Å². The van der Waals surface area contributed by atoms with Crippen molar-refractivity contribution in [3.05, 3.63) is 11.8 Å². The topological polar surface area (TPSA) is 55.6 Å². The second-order valence-electron chi connectivity index (χ2n) is 1.84. The molecule has 0 bridgehead atoms. The average molecular weight is 128 g/mol. The summed E-state index contributed by atoms with van der Waals surface area (Å²) in [5.74, 6) is 5.77. The molecule has 0 aromatic heterocycles. The standard InChI is InChI=1S/C5H8N2O2/c1-4-2-3-7(6)5(8)9-4/h2H,3,6H2,1H3. The predicted octanol–water partition coefficient (Wildman–Crippen LogP) is 0.216. The predicted molar refractivity (Wildman–Crippen MR) is 31.1 cm³/mol. The van der Waals surface area contributed by atoms with E-state index in [0.29, 0.717) is 12.3 Å². The van der Waals surface area contributed by atoms with Gasteiger partial charge in [0.25, 0.3) is 0 Å². The van der Waals surface area contributed by atoms with Gasteiger partial charge in [-0.3, -0.25) is 0 Å². The van der Waals surface area contributed by atoms with Gasteiger partial charge in [0.2, 0.25) is 0 Å². The van der Waals surface area contributed by atoms with E-state index in [-0.39, 0.29) is 0 Å². The van der Waals surface area contributed by atoms with E-state index in [0.717, 1.165) is 5.01 Å². The highest BCUT2D eigenvalue weighted by atomic mass is 16.6. The molecule has 1 amide bonds. The first-order valence-corrected chi connectivity index (χ1v) is 2.61. The molecule has 1 aliphatic rings. The number of hydrogen-bond acceptors (Lipinski definition) is 3. The fraction of sp³-hybridized carbons (Fsp3) is 0.400. The average Bonchev–Trinajstić information content (AvgIpc) is 1.80. The monoisotopic (exact) mass is 128 g/mol. The largest absolute Gasteiger partial charge is 0.429 e. The van der Waals surface area contributed by atoms with E-state index in [4.69, 9.17) is 5.84 Å². The van der Waals surface area contributed by atoms with Crippen molar-refractivity contribution >= 4 is 6.09 Å². The number of cyclic esters (lactones) is 1. The van der Waals surface area contributed by atoms with E-state index in [1.54, 1.807) is 13.0 Å². The van der Waals surface area contributed by atoms with E-state index in [2.05, 4.69) is 4.74 Å². The molecule has 0 saturated carbocycles. The lowest BCUT2D eigenvalue weighted by atomic mass is 10.4. The SMILES string of the molecule is CC1=CCN(N)C(=O)O1. The van der Waals surface area contributed by atoms with Crippen LogP contribution < -0.4 is 5.84 Å². The van der Waals surface area contributed by atoms with Gasteiger partial charge in [-0.05, 0) is 13.0 Å². The molecule has 0 unspecified atom stereocenters. The van der Waals surface area contributed by atoms with Crippen molar-refractivity contribution in [1.82, 2.24) is 5.01 Å². The van der Waals surface area contributed by atoms with Crippen LogP contribution in [0.1, 0.15) is 6.92 Å². The summed E-state index contributed by atoms with van der Waals surface area (Å²) in [5, 5.41) is 1.01. The van der Waals surface area contributed by atoms with Gasteiger partial charge >= 0.3 is 6.09 Å². The van der Waals surface area contributed by atoms with Gasteiger partial charge in [-0.15, -0.1) is 0 Å². The molecule has 0 aromatic carbocycles. The molecule has 0 aliphatic carbocycles. The van der Waals surface area contributed by atoms with Gasteiger partial charge in [0, 0.05) is 0 Å². The molecular formula is C5H8N2O2. The molecular weight excluding hydrogens is 120 g/mol. The second kappa shape index (κ2) is 2.06. The van der Waals surface area contributed by atoms with Crippen LogP contribution in [0.15, 0.2) is 11.8 Å². The first-order valence-electron chi connectivity index (χ1n) is 2.61. The Morgan fingerprint density at radius 1 is 1.89 bits per heavy atom. The third kappa shape index (κ3) is 1.20. The highest BCUT2D eigenvalue weighted by Crippen LogP contribution is 2.04. The maximum atomic E-state index is 10.5. The first-order chi connectivity index (χ1) is 4.20. The van der Waals surface area contributed by atoms with Crippen LogP contribution in [0, 0.1) is 0 Å². The van der Waals surface area contributed by atoms with Gasteiger partial charge < -0.3 is 4.74 Å². The Kier molecular flexibility index (Phi) is 1.40. The lowest BCUT2D eigenvalue weighted by molar-refractivity contribution is 0.124. The number of ether oxygens (including phenoxy) is 1. The van der Waals surface area contributed by atoms with Crippen molar-refractivity contribution in [2.75, 3.05) is 6.54 Å². The van der Waals surface area contributed by atoms with Gasteiger partial charge in [-0.2, -0.15) is 0 Å². The fourth-order valence-corrected chi connectivity index (χ4v) is 0.539. The zero-order chi connectivity index (χ0) is 6.85. The maximum Gasteiger partial charge on any atom is 0.429 e. The minimum absolute atomic E-state index is 0.435. The number of allylic oxidation sites excluding steroid dienone is 1. The number of nitrogens with two attached hydrogens (primary N) is 1. The molecule has 0 radical (unpaired) electrons. The smallest absolute Gasteiger partial charge is 0.414 e. The molecule has 9 heavy (non-hydrogen) atoms. The zero-order valence-corrected chi connectivity index (χ0v) is 5.13. The molecule has 0 fully saturated rings. The lowest BCUT2D eigenvalue weighted by Gasteiger charge is -2.18. The number of hydrogen-bond donors (Lipinski definition) is 1. The molecule has 0 atom stereocenters. The summed E-state index contributed by atoms with van der Waals surface area (Å²) in [4.78, 5) is 10.5. The minimum Gasteiger partial charge on any atom is -0.414 e. The van der Waals surface area contributed by atoms with Crippen LogP contribution in [0.2, 0.25) is 0 Å². The molecule has 1 heterocycles. The summed E-state index contributed by atoms with van der Waals surface area (Å²) in [6, 6.07) is 0. The summed E-state index contributed by atoms with van der Waals surface area (Å²) in [6.45, 7) is 2.15. The summed E-state index contributed by atoms with van der Waals surface area (Å²) in [7, 11) is 0. The van der Waals surface area contributed by atoms with Gasteiger partial charge in [0.05, 0.1) is 6.54 Å². The van der Waals surface area contributed by atoms with Crippen LogP contribution in [-0.2, 0) is 4.74 Å². The summed E-state index contributed by atoms with van der Waals surface area (Å²) in [5.41, 5.74) is 0. The highest BCUT2D eigenvalue weighted by molar-refractivity contribution is 5.69. The normalized spacial score (nSPS) is 19.1. The third-order valence-corrected chi connectivity index (χ3v) is 1.06. The van der Waals surface area contributed by atoms with Gasteiger partial charge in [-0.1, -0.05) is 0 Å². The second-order valence-corrected chi connectivity index (χ2v) is 1.84. The minimum atomic E-state index is -0.491. The fourth-order valence-electron chi connectivity index (χ4n) is 0.539. The molecule has 1 rings (SSSR count). The number of carbonyl (C=O) groups is 1. The Hall–Kier alpha value is -1.03. The molecule has 50 valence electrons. The highest BCUT2D eigenvalue weighted by Gasteiger charge is 2.14. The molecule has 4 nitrogen and oxygen atoms in total. The van der Waals surface area contributed by atoms with E-state index < -0.39 is 6.09 Å². The molecule has 0 saturated heterocycles. The van der Waals surface area contributed by atoms with Crippen molar-refractivity contribution in [1.29, 1.82) is 0 Å². The molecule has 0 aromatic rings. The van der Waals surface area contributed by atoms with Crippen LogP contribution in [0.3, 0.4) is 0 Å². The lowest BCUT2D eigenvalue weighted by Crippen LogP contribution is -2.40. The molecule has 4 heteroatoms.